The van der Waals surface area contributed by atoms with Gasteiger partial charge in [0.05, 0.1) is 11.0 Å². The van der Waals surface area contributed by atoms with Gasteiger partial charge in [0, 0.05) is 26.7 Å². The number of nitrogens with zero attached hydrogens (tertiary/aromatic N) is 1. The lowest BCUT2D eigenvalue weighted by Crippen LogP contribution is -2.08. The highest BCUT2D eigenvalue weighted by atomic mass is 32.1. The molecule has 0 amide bonds. The second-order valence-corrected chi connectivity index (χ2v) is 9.78. The van der Waals surface area contributed by atoms with Crippen LogP contribution in [0.15, 0.2) is 60.0 Å². The summed E-state index contributed by atoms with van der Waals surface area (Å²) in [7, 11) is 0. The lowest BCUT2D eigenvalue weighted by molar-refractivity contribution is 0.909. The van der Waals surface area contributed by atoms with E-state index in [1.807, 2.05) is 11.3 Å². The number of rotatable bonds is 1. The first-order valence-electron chi connectivity index (χ1n) is 11.2. The van der Waals surface area contributed by atoms with Gasteiger partial charge in [-0.2, -0.15) is 0 Å². The van der Waals surface area contributed by atoms with E-state index >= 15 is 0 Å². The molecule has 0 atom stereocenters. The highest BCUT2D eigenvalue weighted by molar-refractivity contribution is 7.18. The number of hydrogen-bond donors (Lipinski definition) is 0. The van der Waals surface area contributed by atoms with Crippen molar-refractivity contribution >= 4 is 55.4 Å². The molecular formula is C29H23NS. The lowest BCUT2D eigenvalue weighted by Gasteiger charge is -2.23. The first kappa shape index (κ1) is 17.6. The SMILES string of the molecule is Cc1cccc(-n2c3ccc4ccsc4c3c3c4c(c5c(c32)C=CCC5)CCC=C4)c1. The summed E-state index contributed by atoms with van der Waals surface area (Å²) < 4.78 is 3.95. The van der Waals surface area contributed by atoms with Crippen molar-refractivity contribution in [3.8, 4) is 5.69 Å². The van der Waals surface area contributed by atoms with Gasteiger partial charge in [0.1, 0.15) is 0 Å². The van der Waals surface area contributed by atoms with E-state index in [2.05, 4.69) is 83.6 Å². The van der Waals surface area contributed by atoms with Crippen LogP contribution in [0, 0.1) is 6.92 Å². The summed E-state index contributed by atoms with van der Waals surface area (Å²) in [6.07, 6.45) is 14.2. The third-order valence-corrected chi connectivity index (χ3v) is 7.99. The highest BCUT2D eigenvalue weighted by Gasteiger charge is 2.26. The predicted octanol–water partition coefficient (Wildman–Crippen LogP) is 8.23. The molecule has 0 saturated heterocycles. The zero-order valence-electron chi connectivity index (χ0n) is 17.6. The van der Waals surface area contributed by atoms with E-state index in [9.17, 15) is 0 Å². The summed E-state index contributed by atoms with van der Waals surface area (Å²) in [4.78, 5) is 0. The fourth-order valence-corrected chi connectivity index (χ4v) is 6.71. The van der Waals surface area contributed by atoms with Crippen molar-refractivity contribution in [2.75, 3.05) is 0 Å². The van der Waals surface area contributed by atoms with Crippen molar-refractivity contribution in [2.45, 2.75) is 32.6 Å². The molecule has 0 fully saturated rings. The minimum absolute atomic E-state index is 1.15. The molecule has 7 rings (SSSR count). The van der Waals surface area contributed by atoms with Gasteiger partial charge in [0.15, 0.2) is 0 Å². The van der Waals surface area contributed by atoms with Crippen LogP contribution < -0.4 is 0 Å². The van der Waals surface area contributed by atoms with Crippen molar-refractivity contribution in [1.82, 2.24) is 4.57 Å². The van der Waals surface area contributed by atoms with Gasteiger partial charge in [-0.1, -0.05) is 42.5 Å². The average Bonchev–Trinajstić information content (AvgIpc) is 3.42. The van der Waals surface area contributed by atoms with Crippen LogP contribution in [-0.4, -0.2) is 4.57 Å². The Kier molecular flexibility index (Phi) is 3.65. The van der Waals surface area contributed by atoms with E-state index in [1.54, 1.807) is 11.1 Å². The molecule has 0 N–H and O–H groups in total. The van der Waals surface area contributed by atoms with Crippen LogP contribution in [0.2, 0.25) is 0 Å². The van der Waals surface area contributed by atoms with E-state index in [-0.39, 0.29) is 0 Å². The maximum absolute atomic E-state index is 2.54. The topological polar surface area (TPSA) is 4.93 Å². The van der Waals surface area contributed by atoms with Crippen LogP contribution in [0.3, 0.4) is 0 Å². The Labute approximate surface area is 185 Å². The van der Waals surface area contributed by atoms with Crippen LogP contribution in [0.5, 0.6) is 0 Å². The molecule has 150 valence electrons. The Bertz CT molecular complexity index is 1590. The molecule has 2 aliphatic carbocycles. The van der Waals surface area contributed by atoms with Gasteiger partial charge in [-0.15, -0.1) is 11.3 Å². The van der Waals surface area contributed by atoms with Gasteiger partial charge in [0.2, 0.25) is 0 Å². The van der Waals surface area contributed by atoms with Gasteiger partial charge in [-0.3, -0.25) is 0 Å². The molecule has 2 aromatic heterocycles. The lowest BCUT2D eigenvalue weighted by atomic mass is 9.82. The molecule has 0 aliphatic heterocycles. The molecule has 5 aromatic rings. The highest BCUT2D eigenvalue weighted by Crippen LogP contribution is 2.46. The number of aryl methyl sites for hydroxylation is 1. The van der Waals surface area contributed by atoms with E-state index in [1.165, 1.54) is 54.3 Å². The van der Waals surface area contributed by atoms with Crippen LogP contribution in [0.25, 0.3) is 49.7 Å². The normalized spacial score (nSPS) is 15.1. The Morgan fingerprint density at radius 2 is 1.65 bits per heavy atom. The quantitative estimate of drug-likeness (QED) is 0.259. The second kappa shape index (κ2) is 6.45. The number of thiophene rings is 1. The number of fused-ring (bicyclic) bond motifs is 10. The molecule has 0 radical (unpaired) electrons. The summed E-state index contributed by atoms with van der Waals surface area (Å²) in [5.41, 5.74) is 11.3. The van der Waals surface area contributed by atoms with Gasteiger partial charge < -0.3 is 4.57 Å². The Balaban J connectivity index is 1.81. The van der Waals surface area contributed by atoms with Crippen LogP contribution in [0.4, 0.5) is 0 Å². The maximum atomic E-state index is 2.54. The number of allylic oxidation sites excluding steroid dienone is 2. The molecule has 0 spiro atoms. The fourth-order valence-electron chi connectivity index (χ4n) is 5.76. The summed E-state index contributed by atoms with van der Waals surface area (Å²) in [6.45, 7) is 2.19. The summed E-state index contributed by atoms with van der Waals surface area (Å²) in [5.74, 6) is 0. The van der Waals surface area contributed by atoms with Crippen molar-refractivity contribution in [3.63, 3.8) is 0 Å². The van der Waals surface area contributed by atoms with Crippen LogP contribution in [-0.2, 0) is 12.8 Å². The van der Waals surface area contributed by atoms with E-state index < -0.39 is 0 Å². The maximum Gasteiger partial charge on any atom is 0.0622 e. The second-order valence-electron chi connectivity index (χ2n) is 8.86. The smallest absolute Gasteiger partial charge is 0.0622 e. The van der Waals surface area contributed by atoms with Crippen molar-refractivity contribution in [3.05, 3.63) is 87.8 Å². The molecule has 3 aromatic carbocycles. The zero-order chi connectivity index (χ0) is 20.5. The van der Waals surface area contributed by atoms with Gasteiger partial charge in [-0.05, 0) is 89.9 Å². The van der Waals surface area contributed by atoms with Crippen LogP contribution >= 0.6 is 11.3 Å². The Morgan fingerprint density at radius 1 is 0.839 bits per heavy atom. The first-order valence-corrected chi connectivity index (χ1v) is 12.1. The van der Waals surface area contributed by atoms with Crippen molar-refractivity contribution in [1.29, 1.82) is 0 Å². The largest absolute Gasteiger partial charge is 0.309 e. The molecule has 1 nitrogen and oxygen atoms in total. The molecular weight excluding hydrogens is 394 g/mol. The van der Waals surface area contributed by atoms with Crippen LogP contribution in [0.1, 0.15) is 40.7 Å². The number of benzene rings is 3. The van der Waals surface area contributed by atoms with Crippen molar-refractivity contribution in [2.24, 2.45) is 0 Å². The summed E-state index contributed by atoms with van der Waals surface area (Å²) >= 11 is 1.88. The number of aromatic nitrogens is 1. The molecule has 2 heteroatoms. The summed E-state index contributed by atoms with van der Waals surface area (Å²) in [6, 6.07) is 15.9. The fraction of sp³-hybridized carbons (Fsp3) is 0.172. The zero-order valence-corrected chi connectivity index (χ0v) is 18.4. The molecule has 0 unspecified atom stereocenters. The molecule has 0 bridgehead atoms. The molecule has 0 saturated carbocycles. The third kappa shape index (κ3) is 2.37. The number of hydrogen-bond acceptors (Lipinski definition) is 1. The third-order valence-electron chi connectivity index (χ3n) is 7.04. The monoisotopic (exact) mass is 417 g/mol. The van der Waals surface area contributed by atoms with Gasteiger partial charge in [0.25, 0.3) is 0 Å². The Morgan fingerprint density at radius 3 is 2.48 bits per heavy atom. The molecule has 2 aliphatic rings. The first-order chi connectivity index (χ1) is 15.3. The van der Waals surface area contributed by atoms with E-state index in [0.29, 0.717) is 0 Å². The minimum atomic E-state index is 1.15. The van der Waals surface area contributed by atoms with Gasteiger partial charge >= 0.3 is 0 Å². The summed E-state index contributed by atoms with van der Waals surface area (Å²) in [5, 5.41) is 6.46. The standard InChI is InChI=1S/C29H23NS/c1-18-7-6-8-20(17-18)30-25-14-13-19-15-16-31-29(19)27(25)26-23-11-4-2-9-21(23)22-10-3-5-12-24(22)28(26)30/h4-8,11-17H,2-3,9-10H2,1H3. The molecule has 2 heterocycles. The predicted molar refractivity (Wildman–Crippen MR) is 136 cm³/mol. The van der Waals surface area contributed by atoms with E-state index in [0.717, 1.165) is 25.7 Å². The molecule has 31 heavy (non-hydrogen) atoms. The van der Waals surface area contributed by atoms with E-state index in [4.69, 9.17) is 0 Å². The van der Waals surface area contributed by atoms with Gasteiger partial charge in [-0.25, -0.2) is 0 Å². The average molecular weight is 418 g/mol. The Hall–Kier alpha value is -3.10. The van der Waals surface area contributed by atoms with Crippen molar-refractivity contribution < 1.29 is 0 Å². The minimum Gasteiger partial charge on any atom is -0.309 e.